The highest BCUT2D eigenvalue weighted by atomic mass is 32.1. The number of amides is 1. The van der Waals surface area contributed by atoms with Gasteiger partial charge in [0.05, 0.1) is 19.3 Å². The minimum absolute atomic E-state index is 0.135. The second kappa shape index (κ2) is 12.7. The fourth-order valence-corrected chi connectivity index (χ4v) is 7.04. The molecule has 5 rings (SSSR count). The maximum atomic E-state index is 13.4. The molecule has 1 fully saturated rings. The number of methoxy groups -OCH3 is 2. The van der Waals surface area contributed by atoms with Crippen molar-refractivity contribution in [2.45, 2.75) is 50.7 Å². The normalized spacial score (nSPS) is 21.6. The Morgan fingerprint density at radius 1 is 1.06 bits per heavy atom. The van der Waals surface area contributed by atoms with E-state index < -0.39 is 0 Å². The van der Waals surface area contributed by atoms with Crippen molar-refractivity contribution >= 4 is 28.6 Å². The van der Waals surface area contributed by atoms with Crippen molar-refractivity contribution in [1.82, 2.24) is 4.90 Å². The van der Waals surface area contributed by atoms with E-state index in [0.29, 0.717) is 12.0 Å². The number of nitrogens with zero attached hydrogens (tertiary/aromatic N) is 1. The summed E-state index contributed by atoms with van der Waals surface area (Å²) < 4.78 is 10.8. The lowest BCUT2D eigenvalue weighted by molar-refractivity contribution is 0.0275. The van der Waals surface area contributed by atoms with Gasteiger partial charge in [0.1, 0.15) is 5.75 Å². The van der Waals surface area contributed by atoms with E-state index in [1.54, 1.807) is 18.4 Å². The van der Waals surface area contributed by atoms with Crippen LogP contribution in [0.3, 0.4) is 0 Å². The Labute approximate surface area is 216 Å². The van der Waals surface area contributed by atoms with Crippen LogP contribution < -0.4 is 10.5 Å². The van der Waals surface area contributed by atoms with Crippen LogP contribution >= 0.6 is 22.7 Å². The molecule has 1 aliphatic carbocycles. The summed E-state index contributed by atoms with van der Waals surface area (Å²) in [6, 6.07) is 12.0. The first-order chi connectivity index (χ1) is 17.1. The number of rotatable bonds is 6. The van der Waals surface area contributed by atoms with Crippen LogP contribution in [0.4, 0.5) is 0 Å². The molecule has 3 heterocycles. The van der Waals surface area contributed by atoms with E-state index in [9.17, 15) is 4.79 Å². The highest BCUT2D eigenvalue weighted by Gasteiger charge is 2.39. The zero-order valence-corrected chi connectivity index (χ0v) is 22.3. The van der Waals surface area contributed by atoms with Crippen LogP contribution in [0.2, 0.25) is 0 Å². The molecule has 0 saturated heterocycles. The van der Waals surface area contributed by atoms with E-state index in [-0.39, 0.29) is 11.9 Å². The third kappa shape index (κ3) is 6.33. The fraction of sp³-hybridized carbons (Fsp3) is 0.464. The zero-order chi connectivity index (χ0) is 24.6. The summed E-state index contributed by atoms with van der Waals surface area (Å²) in [6.45, 7) is 1.56. The van der Waals surface area contributed by atoms with Crippen LogP contribution in [0.15, 0.2) is 52.5 Å². The molecule has 2 aromatic heterocycles. The molecule has 1 atom stereocenters. The van der Waals surface area contributed by atoms with Gasteiger partial charge in [-0.05, 0) is 115 Å². The number of benzene rings is 1. The number of nitrogens with two attached hydrogens (primary N) is 1. The Balaban J connectivity index is 0.000000308. The van der Waals surface area contributed by atoms with Gasteiger partial charge >= 0.3 is 0 Å². The number of ether oxygens (including phenoxy) is 2. The Kier molecular flexibility index (Phi) is 9.38. The molecule has 2 aliphatic rings. The van der Waals surface area contributed by atoms with Gasteiger partial charge in [-0.2, -0.15) is 11.3 Å². The second-order valence-electron chi connectivity index (χ2n) is 9.17. The van der Waals surface area contributed by atoms with Crippen molar-refractivity contribution < 1.29 is 14.3 Å². The topological polar surface area (TPSA) is 64.8 Å². The molecule has 7 heteroatoms. The number of hydrogen-bond acceptors (Lipinski definition) is 6. The molecule has 35 heavy (non-hydrogen) atoms. The number of thiophene rings is 2. The molecule has 1 amide bonds. The Hall–Kier alpha value is -2.19. The molecule has 0 radical (unpaired) electrons. The molecule has 5 nitrogen and oxygen atoms in total. The van der Waals surface area contributed by atoms with Crippen LogP contribution in [-0.2, 0) is 17.6 Å². The molecule has 0 bridgehead atoms. The van der Waals surface area contributed by atoms with Gasteiger partial charge < -0.3 is 20.1 Å². The first-order valence-electron chi connectivity index (χ1n) is 12.4. The molecule has 3 aromatic rings. The maximum absolute atomic E-state index is 13.4. The molecule has 1 aromatic carbocycles. The third-order valence-corrected chi connectivity index (χ3v) is 8.88. The van der Waals surface area contributed by atoms with Crippen molar-refractivity contribution in [3.63, 3.8) is 0 Å². The lowest BCUT2D eigenvalue weighted by atomic mass is 9.79. The lowest BCUT2D eigenvalue weighted by Crippen LogP contribution is -2.43. The SMILES string of the molecule is COc1ccc(C(=O)N2CCc3ccsc3C2C2CCC(OC)CC2)cc1.NCCc1ccsc1. The third-order valence-electron chi connectivity index (χ3n) is 7.12. The van der Waals surface area contributed by atoms with E-state index >= 15 is 0 Å². The van der Waals surface area contributed by atoms with Gasteiger partial charge in [0, 0.05) is 24.1 Å². The monoisotopic (exact) mass is 512 g/mol. The van der Waals surface area contributed by atoms with E-state index in [1.165, 1.54) is 16.0 Å². The van der Waals surface area contributed by atoms with Crippen LogP contribution in [0, 0.1) is 5.92 Å². The van der Waals surface area contributed by atoms with Gasteiger partial charge in [0.15, 0.2) is 0 Å². The number of fused-ring (bicyclic) bond motifs is 1. The van der Waals surface area contributed by atoms with Gasteiger partial charge in [-0.3, -0.25) is 4.79 Å². The minimum atomic E-state index is 0.135. The lowest BCUT2D eigenvalue weighted by Gasteiger charge is -2.42. The van der Waals surface area contributed by atoms with Crippen molar-refractivity contribution in [2.24, 2.45) is 11.7 Å². The van der Waals surface area contributed by atoms with Gasteiger partial charge in [-0.25, -0.2) is 0 Å². The van der Waals surface area contributed by atoms with E-state index in [1.807, 2.05) is 42.7 Å². The predicted molar refractivity (Wildman–Crippen MR) is 145 cm³/mol. The molecule has 2 N–H and O–H groups in total. The molecular formula is C28H36N2O3S2. The van der Waals surface area contributed by atoms with Gasteiger partial charge in [-0.15, -0.1) is 11.3 Å². The molecular weight excluding hydrogens is 476 g/mol. The summed E-state index contributed by atoms with van der Waals surface area (Å²) in [5.74, 6) is 1.42. The average molecular weight is 513 g/mol. The summed E-state index contributed by atoms with van der Waals surface area (Å²) >= 11 is 3.53. The first kappa shape index (κ1) is 25.9. The summed E-state index contributed by atoms with van der Waals surface area (Å²) in [7, 11) is 3.45. The van der Waals surface area contributed by atoms with Crippen molar-refractivity contribution in [2.75, 3.05) is 27.3 Å². The highest BCUT2D eigenvalue weighted by Crippen LogP contribution is 2.45. The Bertz CT molecular complexity index is 1040. The van der Waals surface area contributed by atoms with Crippen LogP contribution in [0.25, 0.3) is 0 Å². The van der Waals surface area contributed by atoms with E-state index in [4.69, 9.17) is 15.2 Å². The van der Waals surface area contributed by atoms with Crippen molar-refractivity contribution in [3.05, 3.63) is 74.1 Å². The minimum Gasteiger partial charge on any atom is -0.497 e. The zero-order valence-electron chi connectivity index (χ0n) is 20.7. The average Bonchev–Trinajstić information content (AvgIpc) is 3.61. The summed E-state index contributed by atoms with van der Waals surface area (Å²) in [5.41, 5.74) is 8.85. The smallest absolute Gasteiger partial charge is 0.254 e. The van der Waals surface area contributed by atoms with Gasteiger partial charge in [0.25, 0.3) is 5.91 Å². The number of carbonyl (C=O) groups is 1. The molecule has 1 unspecified atom stereocenters. The summed E-state index contributed by atoms with van der Waals surface area (Å²) in [6.07, 6.45) is 6.75. The van der Waals surface area contributed by atoms with Crippen molar-refractivity contribution in [1.29, 1.82) is 0 Å². The van der Waals surface area contributed by atoms with Gasteiger partial charge in [0.2, 0.25) is 0 Å². The Morgan fingerprint density at radius 3 is 2.46 bits per heavy atom. The number of carbonyl (C=O) groups excluding carboxylic acids is 1. The predicted octanol–water partition coefficient (Wildman–Crippen LogP) is 5.95. The molecule has 0 spiro atoms. The van der Waals surface area contributed by atoms with Crippen LogP contribution in [0.1, 0.15) is 58.1 Å². The fourth-order valence-electron chi connectivity index (χ4n) is 5.17. The van der Waals surface area contributed by atoms with E-state index in [0.717, 1.165) is 62.9 Å². The van der Waals surface area contributed by atoms with Crippen molar-refractivity contribution in [3.8, 4) is 5.75 Å². The first-order valence-corrected chi connectivity index (χ1v) is 14.2. The number of hydrogen-bond donors (Lipinski definition) is 1. The maximum Gasteiger partial charge on any atom is 0.254 e. The standard InChI is InChI=1S/C22H27NO3S.C6H9NS/c1-25-18-7-3-15(4-8-18)20-21-16(12-14-27-21)11-13-23(20)22(24)17-5-9-19(26-2)10-6-17;7-3-1-6-2-4-8-5-6/h5-6,9-10,12,14-15,18,20H,3-4,7-8,11,13H2,1-2H3;2,4-5H,1,3,7H2. The van der Waals surface area contributed by atoms with E-state index in [2.05, 4.69) is 33.2 Å². The molecule has 1 saturated carbocycles. The Morgan fingerprint density at radius 2 is 1.83 bits per heavy atom. The van der Waals surface area contributed by atoms with Crippen LogP contribution in [-0.4, -0.2) is 44.2 Å². The summed E-state index contributed by atoms with van der Waals surface area (Å²) in [5, 5.41) is 6.39. The van der Waals surface area contributed by atoms with Crippen LogP contribution in [0.5, 0.6) is 5.75 Å². The second-order valence-corrected chi connectivity index (χ2v) is 10.9. The summed E-state index contributed by atoms with van der Waals surface area (Å²) in [4.78, 5) is 16.9. The van der Waals surface area contributed by atoms with Gasteiger partial charge in [-0.1, -0.05) is 0 Å². The quantitative estimate of drug-likeness (QED) is 0.443. The highest BCUT2D eigenvalue weighted by molar-refractivity contribution is 7.10. The largest absolute Gasteiger partial charge is 0.497 e. The molecule has 188 valence electrons. The molecule has 1 aliphatic heterocycles.